The van der Waals surface area contributed by atoms with E-state index in [0.29, 0.717) is 36.8 Å². The van der Waals surface area contributed by atoms with Crippen LogP contribution in [-0.4, -0.2) is 71.2 Å². The van der Waals surface area contributed by atoms with Crippen molar-refractivity contribution >= 4 is 35.4 Å². The lowest BCUT2D eigenvalue weighted by Crippen LogP contribution is -2.53. The lowest BCUT2D eigenvalue weighted by atomic mass is 9.92. The molecule has 0 spiro atoms. The zero-order valence-corrected chi connectivity index (χ0v) is 17.6. The number of furan rings is 1. The van der Waals surface area contributed by atoms with Crippen molar-refractivity contribution in [3.05, 3.63) is 59.0 Å². The van der Waals surface area contributed by atoms with Crippen LogP contribution >= 0.6 is 11.6 Å². The molecule has 2 saturated heterocycles. The molecule has 2 aliphatic heterocycles. The van der Waals surface area contributed by atoms with E-state index in [1.54, 1.807) is 53.1 Å². The Kier molecular flexibility index (Phi) is 5.45. The van der Waals surface area contributed by atoms with Crippen molar-refractivity contribution < 1.29 is 23.6 Å². The molecule has 0 bridgehead atoms. The fourth-order valence-electron chi connectivity index (χ4n) is 3.77. The van der Waals surface area contributed by atoms with Crippen LogP contribution in [0.1, 0.15) is 23.0 Å². The number of rotatable bonds is 4. The normalized spacial score (nSPS) is 21.4. The topological polar surface area (TPSA) is 103 Å². The molecule has 162 valence electrons. The van der Waals surface area contributed by atoms with Crippen LogP contribution in [0.15, 0.2) is 47.1 Å². The Hall–Kier alpha value is -3.33. The Labute approximate surface area is 183 Å². The zero-order chi connectivity index (χ0) is 22.2. The van der Waals surface area contributed by atoms with Gasteiger partial charge in [-0.1, -0.05) is 23.7 Å². The molecule has 1 aromatic heterocycles. The number of benzene rings is 1. The van der Waals surface area contributed by atoms with Crippen LogP contribution in [-0.2, 0) is 15.1 Å². The third kappa shape index (κ3) is 3.88. The highest BCUT2D eigenvalue weighted by atomic mass is 35.5. The van der Waals surface area contributed by atoms with Crippen LogP contribution in [0.3, 0.4) is 0 Å². The van der Waals surface area contributed by atoms with Crippen LogP contribution < -0.4 is 5.32 Å². The van der Waals surface area contributed by atoms with Gasteiger partial charge < -0.3 is 19.5 Å². The molecule has 0 radical (unpaired) electrons. The van der Waals surface area contributed by atoms with E-state index in [4.69, 9.17) is 16.0 Å². The highest BCUT2D eigenvalue weighted by molar-refractivity contribution is 6.30. The Balaban J connectivity index is 1.37. The summed E-state index contributed by atoms with van der Waals surface area (Å²) in [6, 6.07) is 9.22. The number of urea groups is 1. The molecule has 9 nitrogen and oxygen atoms in total. The molecule has 1 unspecified atom stereocenters. The van der Waals surface area contributed by atoms with Gasteiger partial charge in [-0.05, 0) is 36.8 Å². The summed E-state index contributed by atoms with van der Waals surface area (Å²) in [6.45, 7) is 2.54. The quantitative estimate of drug-likeness (QED) is 0.723. The second-order valence-corrected chi connectivity index (χ2v) is 8.04. The molecule has 3 heterocycles. The number of nitrogens with one attached hydrogen (secondary N) is 1. The van der Waals surface area contributed by atoms with Crippen molar-refractivity contribution in [2.45, 2.75) is 12.5 Å². The molecule has 1 aromatic carbocycles. The number of piperazine rings is 1. The van der Waals surface area contributed by atoms with Crippen molar-refractivity contribution in [3.63, 3.8) is 0 Å². The highest BCUT2D eigenvalue weighted by Crippen LogP contribution is 2.29. The van der Waals surface area contributed by atoms with Crippen molar-refractivity contribution in [1.82, 2.24) is 20.0 Å². The van der Waals surface area contributed by atoms with E-state index >= 15 is 0 Å². The fourth-order valence-corrected chi connectivity index (χ4v) is 3.90. The Bertz CT molecular complexity index is 1010. The van der Waals surface area contributed by atoms with E-state index in [2.05, 4.69) is 5.32 Å². The summed E-state index contributed by atoms with van der Waals surface area (Å²) in [5.41, 5.74) is -0.689. The molecule has 0 saturated carbocycles. The van der Waals surface area contributed by atoms with E-state index in [9.17, 15) is 19.2 Å². The first-order valence-electron chi connectivity index (χ1n) is 9.80. The molecule has 2 aromatic rings. The van der Waals surface area contributed by atoms with Gasteiger partial charge >= 0.3 is 6.03 Å². The largest absolute Gasteiger partial charge is 0.459 e. The molecular weight excluding hydrogens is 424 g/mol. The first kappa shape index (κ1) is 20.9. The van der Waals surface area contributed by atoms with Crippen molar-refractivity contribution in [3.8, 4) is 0 Å². The molecular formula is C21H21ClN4O5. The van der Waals surface area contributed by atoms with Crippen molar-refractivity contribution in [1.29, 1.82) is 0 Å². The molecule has 10 heteroatoms. The van der Waals surface area contributed by atoms with Gasteiger partial charge in [-0.15, -0.1) is 0 Å². The minimum absolute atomic E-state index is 0.232. The van der Waals surface area contributed by atoms with Gasteiger partial charge in [-0.25, -0.2) is 4.79 Å². The lowest BCUT2D eigenvalue weighted by Gasteiger charge is -2.34. The average Bonchev–Trinajstić information content (AvgIpc) is 3.38. The number of imide groups is 1. The van der Waals surface area contributed by atoms with E-state index < -0.39 is 17.5 Å². The predicted octanol–water partition coefficient (Wildman–Crippen LogP) is 1.68. The molecule has 1 atom stereocenters. The van der Waals surface area contributed by atoms with Gasteiger partial charge in [-0.3, -0.25) is 19.3 Å². The minimum atomic E-state index is -1.27. The van der Waals surface area contributed by atoms with Gasteiger partial charge in [0.1, 0.15) is 12.1 Å². The summed E-state index contributed by atoms with van der Waals surface area (Å²) < 4.78 is 5.13. The van der Waals surface area contributed by atoms with Crippen LogP contribution in [0, 0.1) is 0 Å². The monoisotopic (exact) mass is 444 g/mol. The third-order valence-electron chi connectivity index (χ3n) is 5.64. The van der Waals surface area contributed by atoms with Crippen molar-refractivity contribution in [2.75, 3.05) is 32.7 Å². The van der Waals surface area contributed by atoms with Gasteiger partial charge in [-0.2, -0.15) is 0 Å². The first-order chi connectivity index (χ1) is 14.8. The first-order valence-corrected chi connectivity index (χ1v) is 10.2. The standard InChI is InChI=1S/C21H21ClN4O5/c1-21(14-4-6-15(22)7-5-14)19(29)26(20(30)23-21)13-17(27)24-8-10-25(11-9-24)18(28)16-3-2-12-31-16/h2-7,12H,8-11,13H2,1H3,(H,23,30). The number of halogens is 1. The van der Waals surface area contributed by atoms with Crippen LogP contribution in [0.5, 0.6) is 0 Å². The molecule has 5 amide bonds. The maximum Gasteiger partial charge on any atom is 0.325 e. The fraction of sp³-hybridized carbons (Fsp3) is 0.333. The van der Waals surface area contributed by atoms with Gasteiger partial charge in [0.15, 0.2) is 5.76 Å². The number of carbonyl (C=O) groups is 4. The maximum atomic E-state index is 13.0. The maximum absolute atomic E-state index is 13.0. The van der Waals surface area contributed by atoms with Gasteiger partial charge in [0.25, 0.3) is 11.8 Å². The summed E-state index contributed by atoms with van der Waals surface area (Å²) in [6.07, 6.45) is 1.43. The third-order valence-corrected chi connectivity index (χ3v) is 5.89. The summed E-state index contributed by atoms with van der Waals surface area (Å²) in [7, 11) is 0. The number of carbonyl (C=O) groups excluding carboxylic acids is 4. The summed E-state index contributed by atoms with van der Waals surface area (Å²) in [4.78, 5) is 54.6. The Morgan fingerprint density at radius 3 is 2.32 bits per heavy atom. The van der Waals surface area contributed by atoms with Gasteiger partial charge in [0.05, 0.1) is 6.26 Å². The van der Waals surface area contributed by atoms with Crippen LogP contribution in [0.25, 0.3) is 0 Å². The smallest absolute Gasteiger partial charge is 0.325 e. The second kappa shape index (κ2) is 8.07. The second-order valence-electron chi connectivity index (χ2n) is 7.60. The van der Waals surface area contributed by atoms with E-state index in [0.717, 1.165) is 4.90 Å². The van der Waals surface area contributed by atoms with Gasteiger partial charge in [0, 0.05) is 31.2 Å². The molecule has 31 heavy (non-hydrogen) atoms. The lowest BCUT2D eigenvalue weighted by molar-refractivity contribution is -0.139. The molecule has 1 N–H and O–H groups in total. The molecule has 0 aliphatic carbocycles. The zero-order valence-electron chi connectivity index (χ0n) is 16.8. The molecule has 4 rings (SSSR count). The average molecular weight is 445 g/mol. The number of hydrogen-bond acceptors (Lipinski definition) is 5. The number of hydrogen-bond donors (Lipinski definition) is 1. The number of amides is 5. The van der Waals surface area contributed by atoms with Gasteiger partial charge in [0.2, 0.25) is 5.91 Å². The molecule has 2 fully saturated rings. The van der Waals surface area contributed by atoms with E-state index in [1.807, 2.05) is 0 Å². The summed E-state index contributed by atoms with van der Waals surface area (Å²) in [5, 5.41) is 3.19. The number of nitrogens with zero attached hydrogens (tertiary/aromatic N) is 3. The minimum Gasteiger partial charge on any atom is -0.459 e. The van der Waals surface area contributed by atoms with E-state index in [1.165, 1.54) is 6.26 Å². The Morgan fingerprint density at radius 1 is 1.06 bits per heavy atom. The summed E-state index contributed by atoms with van der Waals surface area (Å²) in [5.74, 6) is -0.834. The van der Waals surface area contributed by atoms with E-state index in [-0.39, 0.29) is 24.1 Å². The highest BCUT2D eigenvalue weighted by Gasteiger charge is 2.49. The summed E-state index contributed by atoms with van der Waals surface area (Å²) >= 11 is 5.91. The van der Waals surface area contributed by atoms with Crippen molar-refractivity contribution in [2.24, 2.45) is 0 Å². The Morgan fingerprint density at radius 2 is 1.71 bits per heavy atom. The molecule has 2 aliphatic rings. The van der Waals surface area contributed by atoms with Crippen LogP contribution in [0.4, 0.5) is 4.79 Å². The van der Waals surface area contributed by atoms with Crippen LogP contribution in [0.2, 0.25) is 5.02 Å². The predicted molar refractivity (Wildman–Crippen MR) is 110 cm³/mol. The SMILES string of the molecule is CC1(c2ccc(Cl)cc2)NC(=O)N(CC(=O)N2CCN(C(=O)c3ccco3)CC2)C1=O.